The van der Waals surface area contributed by atoms with Crippen LogP contribution in [-0.4, -0.2) is 39.2 Å². The Labute approximate surface area is 197 Å². The van der Waals surface area contributed by atoms with Crippen molar-refractivity contribution < 1.29 is 14.4 Å². The molecule has 1 aromatic heterocycles. The van der Waals surface area contributed by atoms with Crippen molar-refractivity contribution in [2.75, 3.05) is 5.32 Å². The number of anilines is 1. The molecule has 3 aliphatic rings. The highest BCUT2D eigenvalue weighted by molar-refractivity contribution is 6.15. The molecule has 34 heavy (non-hydrogen) atoms. The lowest BCUT2D eigenvalue weighted by molar-refractivity contribution is -0.147. The number of nitrogens with zero attached hydrogens (tertiary/aromatic N) is 1. The van der Waals surface area contributed by atoms with Crippen LogP contribution in [0.1, 0.15) is 37.5 Å². The molecule has 4 atom stereocenters. The van der Waals surface area contributed by atoms with Crippen LogP contribution in [0.15, 0.2) is 48.7 Å². The Morgan fingerprint density at radius 1 is 1.03 bits per heavy atom. The van der Waals surface area contributed by atoms with Crippen molar-refractivity contribution in [3.8, 4) is 0 Å². The minimum atomic E-state index is -1.27. The van der Waals surface area contributed by atoms with Crippen LogP contribution >= 0.6 is 0 Å². The van der Waals surface area contributed by atoms with Gasteiger partial charge in [-0.15, -0.1) is 0 Å². The summed E-state index contributed by atoms with van der Waals surface area (Å²) in [4.78, 5) is 46.0. The van der Waals surface area contributed by atoms with E-state index in [-0.39, 0.29) is 23.8 Å². The first-order valence-electron chi connectivity index (χ1n) is 11.8. The van der Waals surface area contributed by atoms with E-state index in [0.717, 1.165) is 27.6 Å². The van der Waals surface area contributed by atoms with Gasteiger partial charge in [-0.3, -0.25) is 24.6 Å². The van der Waals surface area contributed by atoms with E-state index in [1.54, 1.807) is 0 Å². The molecule has 3 N–H and O–H groups in total. The number of hydrogen-bond acceptors (Lipinski definition) is 4. The van der Waals surface area contributed by atoms with Crippen LogP contribution in [0.3, 0.4) is 0 Å². The number of amides is 3. The van der Waals surface area contributed by atoms with Crippen molar-refractivity contribution in [3.05, 3.63) is 65.4 Å². The van der Waals surface area contributed by atoms with E-state index < -0.39 is 22.9 Å². The van der Waals surface area contributed by atoms with Crippen LogP contribution < -0.4 is 10.6 Å². The highest BCUT2D eigenvalue weighted by atomic mass is 16.2. The number of H-pyrrole nitrogens is 1. The number of aryl methyl sites for hydroxylation is 1. The SMILES string of the molecule is Cc1ccc2c(c1)[C@@]1(N[C@H](Cc3c[nH]c4ccccc34)[C@H]3C(=O)N(C(C)(C)C)C(=O)[C@H]31)C(=O)N2. The van der Waals surface area contributed by atoms with Gasteiger partial charge in [-0.25, -0.2) is 0 Å². The van der Waals surface area contributed by atoms with Crippen molar-refractivity contribution in [2.45, 2.75) is 51.2 Å². The molecule has 4 heterocycles. The summed E-state index contributed by atoms with van der Waals surface area (Å²) in [6, 6.07) is 13.4. The number of para-hydroxylation sites is 1. The summed E-state index contributed by atoms with van der Waals surface area (Å²) in [5, 5.41) is 7.60. The van der Waals surface area contributed by atoms with Gasteiger partial charge in [0.1, 0.15) is 5.54 Å². The van der Waals surface area contributed by atoms with Gasteiger partial charge in [-0.05, 0) is 51.8 Å². The number of hydrogen-bond donors (Lipinski definition) is 3. The second-order valence-corrected chi connectivity index (χ2v) is 10.8. The molecule has 7 heteroatoms. The Bertz CT molecular complexity index is 1380. The van der Waals surface area contributed by atoms with Gasteiger partial charge >= 0.3 is 0 Å². The Kier molecular flexibility index (Phi) is 4.22. The minimum absolute atomic E-state index is 0.203. The largest absolute Gasteiger partial charge is 0.361 e. The predicted molar refractivity (Wildman–Crippen MR) is 129 cm³/mol. The topological polar surface area (TPSA) is 94.3 Å². The average molecular weight is 457 g/mol. The zero-order valence-electron chi connectivity index (χ0n) is 19.7. The molecule has 0 unspecified atom stereocenters. The van der Waals surface area contributed by atoms with Crippen LogP contribution in [0.5, 0.6) is 0 Å². The third-order valence-electron chi connectivity index (χ3n) is 7.66. The number of fused-ring (bicyclic) bond motifs is 5. The fourth-order valence-corrected chi connectivity index (χ4v) is 6.29. The molecule has 1 spiro atoms. The number of carbonyl (C=O) groups is 3. The number of carbonyl (C=O) groups excluding carboxylic acids is 3. The van der Waals surface area contributed by atoms with E-state index in [0.29, 0.717) is 12.1 Å². The van der Waals surface area contributed by atoms with Crippen molar-refractivity contribution in [1.82, 2.24) is 15.2 Å². The lowest BCUT2D eigenvalue weighted by Gasteiger charge is -2.34. The second kappa shape index (κ2) is 6.79. The molecular weight excluding hydrogens is 428 g/mol. The standard InChI is InChI=1S/C27H28N4O3/c1-14-9-10-19-17(11-14)27(25(34)29-19)22-21(23(32)31(24(22)33)26(2,3)4)20(30-27)12-15-13-28-18-8-6-5-7-16(15)18/h5-11,13,20-22,28,30H,12H2,1-4H3,(H,29,34)/t20-,21-,22+,27+/m1/s1. The summed E-state index contributed by atoms with van der Waals surface area (Å²) in [5.74, 6) is -2.16. The van der Waals surface area contributed by atoms with Gasteiger partial charge in [0.2, 0.25) is 17.7 Å². The van der Waals surface area contributed by atoms with Crippen LogP contribution in [0.25, 0.3) is 10.9 Å². The highest BCUT2D eigenvalue weighted by Gasteiger charge is 2.71. The molecule has 0 bridgehead atoms. The Morgan fingerprint density at radius 3 is 2.56 bits per heavy atom. The number of rotatable bonds is 2. The molecule has 174 valence electrons. The molecule has 6 rings (SSSR count). The van der Waals surface area contributed by atoms with Gasteiger partial charge in [0, 0.05) is 39.9 Å². The zero-order valence-corrected chi connectivity index (χ0v) is 19.7. The number of aromatic amines is 1. The maximum absolute atomic E-state index is 13.9. The summed E-state index contributed by atoms with van der Waals surface area (Å²) in [6.07, 6.45) is 2.49. The van der Waals surface area contributed by atoms with Gasteiger partial charge in [-0.2, -0.15) is 0 Å². The van der Waals surface area contributed by atoms with Gasteiger partial charge in [-0.1, -0.05) is 35.9 Å². The molecule has 0 saturated carbocycles. The molecule has 2 saturated heterocycles. The number of likely N-dealkylation sites (tertiary alicyclic amines) is 1. The summed E-state index contributed by atoms with van der Waals surface area (Å²) < 4.78 is 0. The lowest BCUT2D eigenvalue weighted by Crippen LogP contribution is -2.56. The lowest BCUT2D eigenvalue weighted by atomic mass is 9.76. The molecule has 2 fully saturated rings. The number of nitrogens with one attached hydrogen (secondary N) is 3. The number of benzene rings is 2. The van der Waals surface area contributed by atoms with E-state index in [4.69, 9.17) is 0 Å². The van der Waals surface area contributed by atoms with Gasteiger partial charge < -0.3 is 10.3 Å². The predicted octanol–water partition coefficient (Wildman–Crippen LogP) is 3.24. The molecule has 7 nitrogen and oxygen atoms in total. The molecule has 0 radical (unpaired) electrons. The Morgan fingerprint density at radius 2 is 1.79 bits per heavy atom. The fourth-order valence-electron chi connectivity index (χ4n) is 6.29. The quantitative estimate of drug-likeness (QED) is 0.516. The maximum Gasteiger partial charge on any atom is 0.250 e. The van der Waals surface area contributed by atoms with E-state index in [1.807, 2.05) is 76.4 Å². The molecule has 2 aromatic carbocycles. The number of aromatic nitrogens is 1. The normalized spacial score (nSPS) is 28.2. The smallest absolute Gasteiger partial charge is 0.250 e. The first-order valence-corrected chi connectivity index (χ1v) is 11.8. The van der Waals surface area contributed by atoms with E-state index in [2.05, 4.69) is 15.6 Å². The Balaban J connectivity index is 1.51. The van der Waals surface area contributed by atoms with E-state index in [9.17, 15) is 14.4 Å². The Hall–Kier alpha value is -3.45. The van der Waals surface area contributed by atoms with Crippen molar-refractivity contribution in [3.63, 3.8) is 0 Å². The minimum Gasteiger partial charge on any atom is -0.361 e. The van der Waals surface area contributed by atoms with Crippen LogP contribution in [-0.2, 0) is 26.3 Å². The number of imide groups is 1. The van der Waals surface area contributed by atoms with Crippen LogP contribution in [0, 0.1) is 18.8 Å². The third-order valence-corrected chi connectivity index (χ3v) is 7.66. The highest BCUT2D eigenvalue weighted by Crippen LogP contribution is 2.54. The van der Waals surface area contributed by atoms with Crippen LogP contribution in [0.2, 0.25) is 0 Å². The molecule has 0 aliphatic carbocycles. The van der Waals surface area contributed by atoms with Crippen molar-refractivity contribution >= 4 is 34.3 Å². The van der Waals surface area contributed by atoms with E-state index >= 15 is 0 Å². The van der Waals surface area contributed by atoms with Gasteiger partial charge in [0.05, 0.1) is 11.8 Å². The third kappa shape index (κ3) is 2.64. The maximum atomic E-state index is 13.9. The average Bonchev–Trinajstić information content (AvgIpc) is 3.47. The zero-order chi connectivity index (χ0) is 24.0. The van der Waals surface area contributed by atoms with E-state index in [1.165, 1.54) is 4.90 Å². The fraction of sp³-hybridized carbons (Fsp3) is 0.370. The summed E-state index contributed by atoms with van der Waals surface area (Å²) in [7, 11) is 0. The molecule has 3 aliphatic heterocycles. The molecular formula is C27H28N4O3. The van der Waals surface area contributed by atoms with Gasteiger partial charge in [0.25, 0.3) is 0 Å². The second-order valence-electron chi connectivity index (χ2n) is 10.8. The van der Waals surface area contributed by atoms with Gasteiger partial charge in [0.15, 0.2) is 0 Å². The summed E-state index contributed by atoms with van der Waals surface area (Å²) in [6.45, 7) is 7.57. The van der Waals surface area contributed by atoms with Crippen molar-refractivity contribution in [2.24, 2.45) is 11.8 Å². The first kappa shape index (κ1) is 21.1. The summed E-state index contributed by atoms with van der Waals surface area (Å²) in [5.41, 5.74) is 2.59. The summed E-state index contributed by atoms with van der Waals surface area (Å²) >= 11 is 0. The van der Waals surface area contributed by atoms with Crippen molar-refractivity contribution in [1.29, 1.82) is 0 Å². The molecule has 3 aromatic rings. The van der Waals surface area contributed by atoms with Crippen LogP contribution in [0.4, 0.5) is 5.69 Å². The first-order chi connectivity index (χ1) is 16.1. The monoisotopic (exact) mass is 456 g/mol. The molecule has 3 amide bonds.